The predicted octanol–water partition coefficient (Wildman–Crippen LogP) is 3.61. The normalized spacial score (nSPS) is 10.4. The topological polar surface area (TPSA) is 55.4 Å². The van der Waals surface area contributed by atoms with Gasteiger partial charge in [0.1, 0.15) is 5.82 Å². The van der Waals surface area contributed by atoms with Gasteiger partial charge < -0.3 is 10.1 Å². The monoisotopic (exact) mass is 395 g/mol. The standard InChI is InChI=1S/C19H19ClFNO3S/c20-17-4-2-1-3-15(17)12-26-13-19(24)25-11-18(23)22-10-9-14-5-7-16(21)8-6-14/h1-8H,9-13H2,(H,22,23). The zero-order valence-electron chi connectivity index (χ0n) is 14.0. The summed E-state index contributed by atoms with van der Waals surface area (Å²) in [4.78, 5) is 23.3. The number of amides is 1. The van der Waals surface area contributed by atoms with Gasteiger partial charge in [0.15, 0.2) is 6.61 Å². The SMILES string of the molecule is O=C(COC(=O)CSCc1ccccc1Cl)NCCc1ccc(F)cc1. The highest BCUT2D eigenvalue weighted by atomic mass is 35.5. The van der Waals surface area contributed by atoms with E-state index in [-0.39, 0.29) is 24.1 Å². The average molecular weight is 396 g/mol. The predicted molar refractivity (Wildman–Crippen MR) is 102 cm³/mol. The van der Waals surface area contributed by atoms with Crippen LogP contribution in [-0.4, -0.2) is 30.8 Å². The fourth-order valence-corrected chi connectivity index (χ4v) is 3.20. The molecule has 0 fully saturated rings. The van der Waals surface area contributed by atoms with E-state index in [1.165, 1.54) is 23.9 Å². The van der Waals surface area contributed by atoms with E-state index in [9.17, 15) is 14.0 Å². The third kappa shape index (κ3) is 7.45. The number of hydrogen-bond acceptors (Lipinski definition) is 4. The van der Waals surface area contributed by atoms with Gasteiger partial charge in [0.2, 0.25) is 0 Å². The maximum atomic E-state index is 12.8. The molecule has 0 atom stereocenters. The highest BCUT2D eigenvalue weighted by molar-refractivity contribution is 7.99. The first-order chi connectivity index (χ1) is 12.5. The highest BCUT2D eigenvalue weighted by Crippen LogP contribution is 2.20. The van der Waals surface area contributed by atoms with E-state index >= 15 is 0 Å². The highest BCUT2D eigenvalue weighted by Gasteiger charge is 2.08. The summed E-state index contributed by atoms with van der Waals surface area (Å²) >= 11 is 7.42. The van der Waals surface area contributed by atoms with Crippen LogP contribution in [0.3, 0.4) is 0 Å². The zero-order valence-corrected chi connectivity index (χ0v) is 15.6. The van der Waals surface area contributed by atoms with Gasteiger partial charge in [-0.3, -0.25) is 9.59 Å². The average Bonchev–Trinajstić information content (AvgIpc) is 2.63. The van der Waals surface area contributed by atoms with Crippen LogP contribution in [0.1, 0.15) is 11.1 Å². The quantitative estimate of drug-likeness (QED) is 0.659. The number of benzene rings is 2. The molecule has 0 unspecified atom stereocenters. The van der Waals surface area contributed by atoms with E-state index in [0.717, 1.165) is 11.1 Å². The summed E-state index contributed by atoms with van der Waals surface area (Å²) in [6.45, 7) is 0.0815. The Bertz CT molecular complexity index is 740. The van der Waals surface area contributed by atoms with Gasteiger partial charge in [0, 0.05) is 17.3 Å². The second-order valence-electron chi connectivity index (χ2n) is 5.47. The maximum absolute atomic E-state index is 12.8. The van der Waals surface area contributed by atoms with Crippen molar-refractivity contribution in [3.05, 3.63) is 70.5 Å². The van der Waals surface area contributed by atoms with Gasteiger partial charge in [-0.15, -0.1) is 11.8 Å². The van der Waals surface area contributed by atoms with E-state index in [1.807, 2.05) is 18.2 Å². The van der Waals surface area contributed by atoms with E-state index in [4.69, 9.17) is 16.3 Å². The number of carbonyl (C=O) groups is 2. The van der Waals surface area contributed by atoms with Crippen molar-refractivity contribution >= 4 is 35.2 Å². The maximum Gasteiger partial charge on any atom is 0.316 e. The Morgan fingerprint density at radius 2 is 1.85 bits per heavy atom. The fourth-order valence-electron chi connectivity index (χ4n) is 2.10. The number of thioether (sulfide) groups is 1. The van der Waals surface area contributed by atoms with Gasteiger partial charge >= 0.3 is 5.97 Å². The molecule has 26 heavy (non-hydrogen) atoms. The molecule has 0 saturated carbocycles. The summed E-state index contributed by atoms with van der Waals surface area (Å²) in [6.07, 6.45) is 0.577. The lowest BCUT2D eigenvalue weighted by Gasteiger charge is -2.07. The molecule has 0 heterocycles. The number of halogens is 2. The molecule has 0 radical (unpaired) electrons. The first-order valence-electron chi connectivity index (χ1n) is 8.02. The van der Waals surface area contributed by atoms with Crippen LogP contribution in [-0.2, 0) is 26.5 Å². The van der Waals surface area contributed by atoms with Crippen LogP contribution >= 0.6 is 23.4 Å². The molecule has 2 aromatic carbocycles. The van der Waals surface area contributed by atoms with Gasteiger partial charge in [-0.05, 0) is 35.7 Å². The number of rotatable bonds is 9. The number of nitrogens with one attached hydrogen (secondary N) is 1. The third-order valence-electron chi connectivity index (χ3n) is 3.45. The van der Waals surface area contributed by atoms with Crippen molar-refractivity contribution in [2.24, 2.45) is 0 Å². The number of hydrogen-bond donors (Lipinski definition) is 1. The summed E-state index contributed by atoms with van der Waals surface area (Å²) in [7, 11) is 0. The van der Waals surface area contributed by atoms with E-state index < -0.39 is 5.97 Å². The second-order valence-corrected chi connectivity index (χ2v) is 6.86. The first kappa shape index (κ1) is 20.3. The van der Waals surface area contributed by atoms with Crippen molar-refractivity contribution in [3.8, 4) is 0 Å². The molecule has 2 aromatic rings. The van der Waals surface area contributed by atoms with Crippen LogP contribution in [0.15, 0.2) is 48.5 Å². The van der Waals surface area contributed by atoms with Gasteiger partial charge in [-0.25, -0.2) is 4.39 Å². The van der Waals surface area contributed by atoms with Gasteiger partial charge in [-0.2, -0.15) is 0 Å². The molecule has 1 N–H and O–H groups in total. The second kappa shape index (κ2) is 10.8. The van der Waals surface area contributed by atoms with Crippen LogP contribution in [0.4, 0.5) is 4.39 Å². The molecular weight excluding hydrogens is 377 g/mol. The molecule has 0 aliphatic rings. The summed E-state index contributed by atoms with van der Waals surface area (Å²) in [6, 6.07) is 13.5. The summed E-state index contributed by atoms with van der Waals surface area (Å²) in [5.41, 5.74) is 1.87. The number of carbonyl (C=O) groups excluding carboxylic acids is 2. The number of ether oxygens (including phenoxy) is 1. The minimum atomic E-state index is -0.448. The Morgan fingerprint density at radius 1 is 1.12 bits per heavy atom. The fraction of sp³-hybridized carbons (Fsp3) is 0.263. The van der Waals surface area contributed by atoms with Crippen LogP contribution in [0.5, 0.6) is 0 Å². The van der Waals surface area contributed by atoms with Crippen LogP contribution in [0, 0.1) is 5.82 Å². The van der Waals surface area contributed by atoms with E-state index in [0.29, 0.717) is 23.7 Å². The molecule has 4 nitrogen and oxygen atoms in total. The molecule has 0 saturated heterocycles. The van der Waals surface area contributed by atoms with Crippen LogP contribution in [0.2, 0.25) is 5.02 Å². The van der Waals surface area contributed by atoms with Crippen LogP contribution in [0.25, 0.3) is 0 Å². The third-order valence-corrected chi connectivity index (χ3v) is 4.77. The Kier molecular flexibility index (Phi) is 8.44. The van der Waals surface area contributed by atoms with Crippen molar-refractivity contribution in [1.82, 2.24) is 5.32 Å². The summed E-state index contributed by atoms with van der Waals surface area (Å²) in [5, 5.41) is 3.32. The Balaban J connectivity index is 1.57. The molecule has 138 valence electrons. The molecule has 2 rings (SSSR count). The molecule has 0 bridgehead atoms. The minimum absolute atomic E-state index is 0.147. The van der Waals surface area contributed by atoms with Crippen LogP contribution < -0.4 is 5.32 Å². The van der Waals surface area contributed by atoms with Gasteiger partial charge in [-0.1, -0.05) is 41.9 Å². The molecule has 1 amide bonds. The Hall–Kier alpha value is -2.05. The van der Waals surface area contributed by atoms with E-state index in [2.05, 4.69) is 5.32 Å². The molecule has 7 heteroatoms. The lowest BCUT2D eigenvalue weighted by molar-refractivity contribution is -0.145. The minimum Gasteiger partial charge on any atom is -0.455 e. The Morgan fingerprint density at radius 3 is 2.58 bits per heavy atom. The van der Waals surface area contributed by atoms with Crippen molar-refractivity contribution < 1.29 is 18.7 Å². The molecule has 0 aliphatic carbocycles. The molecule has 0 aliphatic heterocycles. The lowest BCUT2D eigenvalue weighted by Crippen LogP contribution is -2.30. The largest absolute Gasteiger partial charge is 0.455 e. The van der Waals surface area contributed by atoms with Gasteiger partial charge in [0.25, 0.3) is 5.91 Å². The van der Waals surface area contributed by atoms with Gasteiger partial charge in [0.05, 0.1) is 5.75 Å². The molecular formula is C19H19ClFNO3S. The van der Waals surface area contributed by atoms with Crippen molar-refractivity contribution in [3.63, 3.8) is 0 Å². The summed E-state index contributed by atoms with van der Waals surface area (Å²) < 4.78 is 17.7. The van der Waals surface area contributed by atoms with Crippen molar-refractivity contribution in [1.29, 1.82) is 0 Å². The van der Waals surface area contributed by atoms with Crippen molar-refractivity contribution in [2.75, 3.05) is 18.9 Å². The number of esters is 1. The molecule has 0 aromatic heterocycles. The lowest BCUT2D eigenvalue weighted by atomic mass is 10.1. The first-order valence-corrected chi connectivity index (χ1v) is 9.56. The van der Waals surface area contributed by atoms with E-state index in [1.54, 1.807) is 18.2 Å². The summed E-state index contributed by atoms with van der Waals surface area (Å²) in [5.74, 6) is -0.364. The molecule has 0 spiro atoms. The smallest absolute Gasteiger partial charge is 0.316 e. The van der Waals surface area contributed by atoms with Crippen molar-refractivity contribution in [2.45, 2.75) is 12.2 Å². The zero-order chi connectivity index (χ0) is 18.8. The Labute approximate surface area is 161 Å².